The number of unbranched alkanes of at least 4 members (excludes halogenated alkanes) is 9. The molecule has 3 heteroatoms. The van der Waals surface area contributed by atoms with Crippen molar-refractivity contribution >= 4 is 11.8 Å². The average Bonchev–Trinajstić information content (AvgIpc) is 2.62. The van der Waals surface area contributed by atoms with E-state index in [1.54, 1.807) is 18.2 Å². The van der Waals surface area contributed by atoms with Crippen molar-refractivity contribution in [2.45, 2.75) is 84.0 Å². The van der Waals surface area contributed by atoms with E-state index in [-0.39, 0.29) is 11.8 Å². The summed E-state index contributed by atoms with van der Waals surface area (Å²) in [7, 11) is 1.37. The molecule has 0 radical (unpaired) electrons. The van der Waals surface area contributed by atoms with Gasteiger partial charge in [-0.3, -0.25) is 4.79 Å². The summed E-state index contributed by atoms with van der Waals surface area (Å²) in [4.78, 5) is 23.6. The van der Waals surface area contributed by atoms with Crippen molar-refractivity contribution in [1.29, 1.82) is 0 Å². The molecule has 0 aliphatic rings. The van der Waals surface area contributed by atoms with Gasteiger partial charge in [0.25, 0.3) is 0 Å². The number of carbonyl (C=O) groups excluding carboxylic acids is 2. The van der Waals surface area contributed by atoms with Crippen molar-refractivity contribution in [3.63, 3.8) is 0 Å². The predicted molar refractivity (Wildman–Crippen MR) is 103 cm³/mol. The van der Waals surface area contributed by atoms with E-state index < -0.39 is 0 Å². The Kier molecular flexibility index (Phi) is 11.7. The van der Waals surface area contributed by atoms with E-state index in [0.29, 0.717) is 18.4 Å². The van der Waals surface area contributed by atoms with E-state index in [1.807, 2.05) is 6.07 Å². The molecule has 0 spiro atoms. The fraction of sp³-hybridized carbons (Fsp3) is 0.636. The average molecular weight is 347 g/mol. The van der Waals surface area contributed by atoms with Crippen LogP contribution in [0.15, 0.2) is 24.3 Å². The van der Waals surface area contributed by atoms with Crippen LogP contribution in [0.5, 0.6) is 0 Å². The molecule has 1 rings (SSSR count). The van der Waals surface area contributed by atoms with Crippen molar-refractivity contribution in [2.75, 3.05) is 7.11 Å². The summed E-state index contributed by atoms with van der Waals surface area (Å²) in [5.74, 6) is -0.106. The smallest absolute Gasteiger partial charge is 0.337 e. The van der Waals surface area contributed by atoms with Crippen molar-refractivity contribution < 1.29 is 14.3 Å². The Bertz CT molecular complexity index is 508. The molecule has 0 fully saturated rings. The lowest BCUT2D eigenvalue weighted by Crippen LogP contribution is -2.05. The maximum Gasteiger partial charge on any atom is 0.337 e. The zero-order valence-electron chi connectivity index (χ0n) is 16.0. The number of hydrogen-bond donors (Lipinski definition) is 0. The van der Waals surface area contributed by atoms with Crippen LogP contribution in [0.1, 0.15) is 93.5 Å². The lowest BCUT2D eigenvalue weighted by atomic mass is 10.0. The molecule has 0 aliphatic heterocycles. The molecule has 0 aliphatic carbocycles. The van der Waals surface area contributed by atoms with E-state index in [9.17, 15) is 9.59 Å². The number of esters is 1. The molecule has 0 heterocycles. The minimum Gasteiger partial charge on any atom is -0.465 e. The van der Waals surface area contributed by atoms with Gasteiger partial charge in [0, 0.05) is 12.8 Å². The Balaban J connectivity index is 2.10. The molecule has 25 heavy (non-hydrogen) atoms. The monoisotopic (exact) mass is 346 g/mol. The Morgan fingerprint density at radius 2 is 1.48 bits per heavy atom. The van der Waals surface area contributed by atoms with Crippen LogP contribution in [-0.2, 0) is 16.0 Å². The van der Waals surface area contributed by atoms with E-state index in [2.05, 4.69) is 6.92 Å². The summed E-state index contributed by atoms with van der Waals surface area (Å²) in [5, 5.41) is 0. The first-order valence-corrected chi connectivity index (χ1v) is 9.86. The first kappa shape index (κ1) is 21.4. The van der Waals surface area contributed by atoms with Gasteiger partial charge in [-0.2, -0.15) is 0 Å². The number of hydrogen-bond acceptors (Lipinski definition) is 3. The highest BCUT2D eigenvalue weighted by Gasteiger charge is 2.08. The molecule has 0 N–H and O–H groups in total. The zero-order chi connectivity index (χ0) is 18.3. The number of rotatable bonds is 14. The molecule has 3 nitrogen and oxygen atoms in total. The number of ether oxygens (including phenoxy) is 1. The van der Waals surface area contributed by atoms with Gasteiger partial charge >= 0.3 is 5.97 Å². The Morgan fingerprint density at radius 1 is 0.880 bits per heavy atom. The molecule has 0 atom stereocenters. The van der Waals surface area contributed by atoms with E-state index in [4.69, 9.17) is 4.74 Å². The minimum absolute atomic E-state index is 0.251. The van der Waals surface area contributed by atoms with Crippen LogP contribution in [0.4, 0.5) is 0 Å². The van der Waals surface area contributed by atoms with Gasteiger partial charge in [0.1, 0.15) is 5.78 Å². The fourth-order valence-electron chi connectivity index (χ4n) is 3.05. The normalized spacial score (nSPS) is 10.6. The second kappa shape index (κ2) is 13.6. The van der Waals surface area contributed by atoms with Gasteiger partial charge in [-0.05, 0) is 24.1 Å². The SMILES string of the molecule is CCCCCCCCCCCCC(=O)Cc1cccc(C(=O)OC)c1. The highest BCUT2D eigenvalue weighted by Crippen LogP contribution is 2.13. The largest absolute Gasteiger partial charge is 0.465 e. The first-order valence-electron chi connectivity index (χ1n) is 9.86. The lowest BCUT2D eigenvalue weighted by Gasteiger charge is -2.05. The number of benzene rings is 1. The van der Waals surface area contributed by atoms with E-state index in [0.717, 1.165) is 18.4 Å². The van der Waals surface area contributed by atoms with Crippen LogP contribution < -0.4 is 0 Å². The summed E-state index contributed by atoms with van der Waals surface area (Å²) in [6.45, 7) is 2.25. The molecule has 1 aromatic rings. The van der Waals surface area contributed by atoms with E-state index in [1.165, 1.54) is 58.5 Å². The van der Waals surface area contributed by atoms with Gasteiger partial charge < -0.3 is 4.74 Å². The van der Waals surface area contributed by atoms with Crippen molar-refractivity contribution in [3.8, 4) is 0 Å². The van der Waals surface area contributed by atoms with Gasteiger partial charge in [-0.15, -0.1) is 0 Å². The topological polar surface area (TPSA) is 43.4 Å². The third kappa shape index (κ3) is 10.1. The molecule has 0 amide bonds. The van der Waals surface area contributed by atoms with Crippen molar-refractivity contribution in [3.05, 3.63) is 35.4 Å². The second-order valence-electron chi connectivity index (χ2n) is 6.84. The summed E-state index contributed by atoms with van der Waals surface area (Å²) < 4.78 is 4.71. The quantitative estimate of drug-likeness (QED) is 0.311. The maximum absolute atomic E-state index is 12.1. The third-order valence-corrected chi connectivity index (χ3v) is 4.56. The third-order valence-electron chi connectivity index (χ3n) is 4.56. The summed E-state index contributed by atoms with van der Waals surface area (Å²) in [6, 6.07) is 7.16. The standard InChI is InChI=1S/C22H34O3/c1-3-4-5-6-7-8-9-10-11-12-16-21(23)18-19-14-13-15-20(17-19)22(24)25-2/h13-15,17H,3-12,16,18H2,1-2H3. The summed E-state index contributed by atoms with van der Waals surface area (Å²) >= 11 is 0. The molecule has 0 aromatic heterocycles. The molecule has 140 valence electrons. The zero-order valence-corrected chi connectivity index (χ0v) is 16.0. The molecule has 0 unspecified atom stereocenters. The predicted octanol–water partition coefficient (Wildman–Crippen LogP) is 5.90. The number of ketones is 1. The number of Topliss-reactive ketones (excluding diaryl/α,β-unsaturated/α-hetero) is 1. The molecule has 0 saturated carbocycles. The van der Waals surface area contributed by atoms with Gasteiger partial charge in [-0.1, -0.05) is 76.8 Å². The van der Waals surface area contributed by atoms with Crippen LogP contribution in [0, 0.1) is 0 Å². The molecular formula is C22H34O3. The highest BCUT2D eigenvalue weighted by molar-refractivity contribution is 5.90. The van der Waals surface area contributed by atoms with Crippen molar-refractivity contribution in [1.82, 2.24) is 0 Å². The summed E-state index contributed by atoms with van der Waals surface area (Å²) in [6.07, 6.45) is 13.8. The number of methoxy groups -OCH3 is 1. The number of carbonyl (C=O) groups is 2. The van der Waals surface area contributed by atoms with Crippen molar-refractivity contribution in [2.24, 2.45) is 0 Å². The van der Waals surface area contributed by atoms with Gasteiger partial charge in [0.2, 0.25) is 0 Å². The van der Waals surface area contributed by atoms with Gasteiger partial charge in [0.05, 0.1) is 12.7 Å². The highest BCUT2D eigenvalue weighted by atomic mass is 16.5. The Labute approximate surface area is 153 Å². The molecule has 0 bridgehead atoms. The van der Waals surface area contributed by atoms with Crippen LogP contribution in [0.3, 0.4) is 0 Å². The van der Waals surface area contributed by atoms with Crippen LogP contribution in [0.25, 0.3) is 0 Å². The van der Waals surface area contributed by atoms with Gasteiger partial charge in [0.15, 0.2) is 0 Å². The second-order valence-corrected chi connectivity index (χ2v) is 6.84. The molecular weight excluding hydrogens is 312 g/mol. The summed E-state index contributed by atoms with van der Waals surface area (Å²) in [5.41, 5.74) is 1.40. The van der Waals surface area contributed by atoms with Crippen LogP contribution in [-0.4, -0.2) is 18.9 Å². The van der Waals surface area contributed by atoms with Gasteiger partial charge in [-0.25, -0.2) is 4.79 Å². The van der Waals surface area contributed by atoms with Crippen LogP contribution in [0.2, 0.25) is 0 Å². The minimum atomic E-state index is -0.357. The van der Waals surface area contributed by atoms with E-state index >= 15 is 0 Å². The maximum atomic E-state index is 12.1. The molecule has 1 aromatic carbocycles. The van der Waals surface area contributed by atoms with Crippen LogP contribution >= 0.6 is 0 Å². The molecule has 0 saturated heterocycles. The Hall–Kier alpha value is -1.64. The Morgan fingerprint density at radius 3 is 2.08 bits per heavy atom. The lowest BCUT2D eigenvalue weighted by molar-refractivity contribution is -0.118. The first-order chi connectivity index (χ1) is 12.2. The fourth-order valence-corrected chi connectivity index (χ4v) is 3.05.